The van der Waals surface area contributed by atoms with Crippen LogP contribution >= 0.6 is 0 Å². The summed E-state index contributed by atoms with van der Waals surface area (Å²) in [7, 11) is 0. The second-order valence-corrected chi connectivity index (χ2v) is 3.62. The zero-order valence-corrected chi connectivity index (χ0v) is 9.47. The molecule has 0 spiro atoms. The van der Waals surface area contributed by atoms with E-state index in [0.717, 1.165) is 6.07 Å². The van der Waals surface area contributed by atoms with Crippen molar-refractivity contribution in [1.29, 1.82) is 0 Å². The van der Waals surface area contributed by atoms with Gasteiger partial charge >= 0.3 is 0 Å². The Labute approximate surface area is 103 Å². The van der Waals surface area contributed by atoms with E-state index in [9.17, 15) is 9.18 Å². The average Bonchev–Trinajstić information content (AvgIpc) is 2.38. The molecule has 1 heterocycles. The van der Waals surface area contributed by atoms with Crippen LogP contribution in [0, 0.1) is 5.82 Å². The number of benzene rings is 1. The summed E-state index contributed by atoms with van der Waals surface area (Å²) in [5, 5.41) is 0. The van der Waals surface area contributed by atoms with E-state index in [2.05, 4.69) is 4.98 Å². The highest BCUT2D eigenvalue weighted by Gasteiger charge is 2.08. The van der Waals surface area contributed by atoms with Crippen molar-refractivity contribution in [3.05, 3.63) is 59.7 Å². The van der Waals surface area contributed by atoms with Crippen LogP contribution in [0.1, 0.15) is 16.1 Å². The summed E-state index contributed by atoms with van der Waals surface area (Å²) < 4.78 is 18.8. The molecule has 1 aromatic heterocycles. The largest absolute Gasteiger partial charge is 0.484 e. The minimum atomic E-state index is -0.676. The van der Waals surface area contributed by atoms with Crippen molar-refractivity contribution >= 4 is 5.91 Å². The van der Waals surface area contributed by atoms with Gasteiger partial charge in [0.15, 0.2) is 11.6 Å². The molecule has 2 N–H and O–H groups in total. The number of pyridine rings is 1. The Morgan fingerprint density at radius 1 is 1.33 bits per heavy atom. The number of carbonyl (C=O) groups excluding carboxylic acids is 1. The van der Waals surface area contributed by atoms with Gasteiger partial charge in [-0.3, -0.25) is 9.78 Å². The molecule has 2 rings (SSSR count). The predicted molar refractivity (Wildman–Crippen MR) is 63.5 cm³/mol. The number of primary amides is 1. The lowest BCUT2D eigenvalue weighted by atomic mass is 10.2. The van der Waals surface area contributed by atoms with Gasteiger partial charge in [0.05, 0.1) is 5.69 Å². The molecule has 5 heteroatoms. The SMILES string of the molecule is NC(=O)c1ccc(OCc2ccccn2)c(F)c1. The van der Waals surface area contributed by atoms with Crippen molar-refractivity contribution in [1.82, 2.24) is 4.98 Å². The van der Waals surface area contributed by atoms with Gasteiger partial charge in [-0.15, -0.1) is 0 Å². The topological polar surface area (TPSA) is 65.2 Å². The summed E-state index contributed by atoms with van der Waals surface area (Å²) in [4.78, 5) is 14.9. The van der Waals surface area contributed by atoms with Crippen molar-refractivity contribution in [2.75, 3.05) is 0 Å². The van der Waals surface area contributed by atoms with E-state index in [1.54, 1.807) is 18.3 Å². The number of hydrogen-bond acceptors (Lipinski definition) is 3. The van der Waals surface area contributed by atoms with Gasteiger partial charge in [0, 0.05) is 11.8 Å². The monoisotopic (exact) mass is 246 g/mol. The summed E-state index contributed by atoms with van der Waals surface area (Å²) >= 11 is 0. The van der Waals surface area contributed by atoms with Crippen LogP contribution in [0.3, 0.4) is 0 Å². The van der Waals surface area contributed by atoms with Crippen molar-refractivity contribution in [3.8, 4) is 5.75 Å². The van der Waals surface area contributed by atoms with E-state index in [-0.39, 0.29) is 17.9 Å². The molecule has 0 unspecified atom stereocenters. The lowest BCUT2D eigenvalue weighted by Gasteiger charge is -2.07. The summed E-state index contributed by atoms with van der Waals surface area (Å²) in [6.45, 7) is 0.160. The van der Waals surface area contributed by atoms with Crippen LogP contribution in [0.15, 0.2) is 42.6 Å². The maximum Gasteiger partial charge on any atom is 0.248 e. The van der Waals surface area contributed by atoms with E-state index < -0.39 is 11.7 Å². The van der Waals surface area contributed by atoms with Gasteiger partial charge in [0.25, 0.3) is 0 Å². The number of aromatic nitrogens is 1. The van der Waals surface area contributed by atoms with Crippen LogP contribution in [0.2, 0.25) is 0 Å². The maximum atomic E-state index is 13.6. The van der Waals surface area contributed by atoms with Crippen LogP contribution in [0.4, 0.5) is 4.39 Å². The lowest BCUT2D eigenvalue weighted by molar-refractivity contribution is 0.0999. The Bertz CT molecular complexity index is 558. The van der Waals surface area contributed by atoms with Gasteiger partial charge in [0.2, 0.25) is 5.91 Å². The number of nitrogens with two attached hydrogens (primary N) is 1. The molecule has 0 bridgehead atoms. The van der Waals surface area contributed by atoms with Crippen molar-refractivity contribution < 1.29 is 13.9 Å². The molecule has 0 radical (unpaired) electrons. The van der Waals surface area contributed by atoms with Crippen LogP contribution in [-0.4, -0.2) is 10.9 Å². The number of rotatable bonds is 4. The first-order valence-electron chi connectivity index (χ1n) is 5.29. The fourth-order valence-electron chi connectivity index (χ4n) is 1.41. The Balaban J connectivity index is 2.08. The number of hydrogen-bond donors (Lipinski definition) is 1. The molecule has 0 aliphatic rings. The third-order valence-corrected chi connectivity index (χ3v) is 2.32. The molecule has 0 saturated carbocycles. The van der Waals surface area contributed by atoms with Crippen LogP contribution in [0.5, 0.6) is 5.75 Å². The van der Waals surface area contributed by atoms with E-state index >= 15 is 0 Å². The van der Waals surface area contributed by atoms with Gasteiger partial charge in [-0.25, -0.2) is 4.39 Å². The Hall–Kier alpha value is -2.43. The standard InChI is InChI=1S/C13H11FN2O2/c14-11-7-9(13(15)17)4-5-12(11)18-8-10-3-1-2-6-16-10/h1-7H,8H2,(H2,15,17). The Kier molecular flexibility index (Phi) is 3.52. The van der Waals surface area contributed by atoms with Gasteiger partial charge in [0.1, 0.15) is 6.61 Å². The fraction of sp³-hybridized carbons (Fsp3) is 0.0769. The number of amides is 1. The molecule has 0 atom stereocenters. The minimum Gasteiger partial charge on any atom is -0.484 e. The molecule has 2 aromatic rings. The summed E-state index contributed by atoms with van der Waals surface area (Å²) in [6, 6.07) is 9.22. The van der Waals surface area contributed by atoms with Crippen molar-refractivity contribution in [2.45, 2.75) is 6.61 Å². The van der Waals surface area contributed by atoms with E-state index in [1.165, 1.54) is 12.1 Å². The number of ether oxygens (including phenoxy) is 1. The smallest absolute Gasteiger partial charge is 0.248 e. The Morgan fingerprint density at radius 2 is 2.17 bits per heavy atom. The average molecular weight is 246 g/mol. The zero-order chi connectivity index (χ0) is 13.0. The highest BCUT2D eigenvalue weighted by Crippen LogP contribution is 2.19. The van der Waals surface area contributed by atoms with E-state index in [4.69, 9.17) is 10.5 Å². The quantitative estimate of drug-likeness (QED) is 0.896. The molecule has 0 saturated heterocycles. The predicted octanol–water partition coefficient (Wildman–Crippen LogP) is 1.90. The fourth-order valence-corrected chi connectivity index (χ4v) is 1.41. The first-order valence-corrected chi connectivity index (χ1v) is 5.29. The van der Waals surface area contributed by atoms with Gasteiger partial charge in [-0.1, -0.05) is 6.07 Å². The molecule has 18 heavy (non-hydrogen) atoms. The lowest BCUT2D eigenvalue weighted by Crippen LogP contribution is -2.11. The first kappa shape index (κ1) is 12.0. The second-order valence-electron chi connectivity index (χ2n) is 3.62. The molecule has 1 amide bonds. The third kappa shape index (κ3) is 2.82. The molecular weight excluding hydrogens is 235 g/mol. The minimum absolute atomic E-state index is 0.0608. The van der Waals surface area contributed by atoms with Crippen LogP contribution in [-0.2, 0) is 6.61 Å². The van der Waals surface area contributed by atoms with E-state index in [0.29, 0.717) is 5.69 Å². The molecule has 0 aliphatic heterocycles. The molecule has 0 fully saturated rings. The summed E-state index contributed by atoms with van der Waals surface area (Å²) in [6.07, 6.45) is 1.63. The Morgan fingerprint density at radius 3 is 2.78 bits per heavy atom. The molecule has 4 nitrogen and oxygen atoms in total. The second kappa shape index (κ2) is 5.27. The molecule has 92 valence electrons. The van der Waals surface area contributed by atoms with Crippen LogP contribution in [0.25, 0.3) is 0 Å². The third-order valence-electron chi connectivity index (χ3n) is 2.32. The maximum absolute atomic E-state index is 13.6. The normalized spacial score (nSPS) is 10.1. The highest BCUT2D eigenvalue weighted by molar-refractivity contribution is 5.92. The summed E-state index contributed by atoms with van der Waals surface area (Å²) in [5.74, 6) is -1.24. The number of nitrogens with zero attached hydrogens (tertiary/aromatic N) is 1. The van der Waals surface area contributed by atoms with Gasteiger partial charge in [-0.05, 0) is 30.3 Å². The van der Waals surface area contributed by atoms with Gasteiger partial charge < -0.3 is 10.5 Å². The van der Waals surface area contributed by atoms with Crippen molar-refractivity contribution in [3.63, 3.8) is 0 Å². The first-order chi connectivity index (χ1) is 8.66. The summed E-state index contributed by atoms with van der Waals surface area (Å²) in [5.41, 5.74) is 5.84. The highest BCUT2D eigenvalue weighted by atomic mass is 19.1. The molecular formula is C13H11FN2O2. The molecule has 0 aliphatic carbocycles. The number of carbonyl (C=O) groups is 1. The van der Waals surface area contributed by atoms with Gasteiger partial charge in [-0.2, -0.15) is 0 Å². The van der Waals surface area contributed by atoms with E-state index in [1.807, 2.05) is 6.07 Å². The van der Waals surface area contributed by atoms with Crippen LogP contribution < -0.4 is 10.5 Å². The zero-order valence-electron chi connectivity index (χ0n) is 9.47. The van der Waals surface area contributed by atoms with Crippen molar-refractivity contribution in [2.24, 2.45) is 5.73 Å². The number of halogens is 1. The molecule has 1 aromatic carbocycles.